The number of aromatic nitrogens is 2. The summed E-state index contributed by atoms with van der Waals surface area (Å²) in [5.41, 5.74) is 1.80. The number of amides is 1. The Morgan fingerprint density at radius 3 is 2.41 bits per heavy atom. The number of carbonyl (C=O) groups is 2. The molecule has 1 rings (SSSR count). The minimum Gasteiger partial charge on any atom is -0.481 e. The summed E-state index contributed by atoms with van der Waals surface area (Å²) >= 11 is 1.33. The van der Waals surface area contributed by atoms with Crippen molar-refractivity contribution in [2.75, 3.05) is 12.3 Å². The van der Waals surface area contributed by atoms with Gasteiger partial charge < -0.3 is 10.4 Å². The average molecular weight is 325 g/mol. The molecule has 2 N–H and O–H groups in total. The molecule has 1 aromatic rings. The van der Waals surface area contributed by atoms with E-state index in [1.807, 2.05) is 19.9 Å². The first kappa shape index (κ1) is 18.4. The molecule has 122 valence electrons. The highest BCUT2D eigenvalue weighted by molar-refractivity contribution is 7.99. The molecule has 0 saturated heterocycles. The summed E-state index contributed by atoms with van der Waals surface area (Å²) < 4.78 is 0. The number of carbonyl (C=O) groups excluding carboxylic acids is 1. The number of hydrogen-bond acceptors (Lipinski definition) is 5. The van der Waals surface area contributed by atoms with Gasteiger partial charge in [0.05, 0.1) is 5.75 Å². The molecule has 0 aliphatic rings. The summed E-state index contributed by atoms with van der Waals surface area (Å²) in [6.07, 6.45) is 3.60. The zero-order valence-corrected chi connectivity index (χ0v) is 13.9. The number of carboxylic acid groups (broad SMARTS) is 1. The van der Waals surface area contributed by atoms with Gasteiger partial charge in [-0.1, -0.05) is 24.6 Å². The average Bonchev–Trinajstić information content (AvgIpc) is 2.42. The Morgan fingerprint density at radius 2 is 1.77 bits per heavy atom. The Morgan fingerprint density at radius 1 is 1.14 bits per heavy atom. The second-order valence-electron chi connectivity index (χ2n) is 5.13. The zero-order chi connectivity index (χ0) is 16.4. The molecular weight excluding hydrogens is 302 g/mol. The lowest BCUT2D eigenvalue weighted by molar-refractivity contribution is -0.137. The second kappa shape index (κ2) is 10.2. The Labute approximate surface area is 135 Å². The van der Waals surface area contributed by atoms with E-state index in [9.17, 15) is 9.59 Å². The van der Waals surface area contributed by atoms with E-state index in [0.717, 1.165) is 30.7 Å². The van der Waals surface area contributed by atoms with Crippen LogP contribution < -0.4 is 5.32 Å². The number of nitrogens with one attached hydrogen (secondary N) is 1. The summed E-state index contributed by atoms with van der Waals surface area (Å²) in [6, 6.07) is 1.90. The van der Waals surface area contributed by atoms with Crippen molar-refractivity contribution in [1.82, 2.24) is 15.3 Å². The number of rotatable bonds is 10. The molecule has 0 unspecified atom stereocenters. The minimum atomic E-state index is -0.751. The Kier molecular flexibility index (Phi) is 8.50. The van der Waals surface area contributed by atoms with Crippen LogP contribution in [0.5, 0.6) is 0 Å². The predicted molar refractivity (Wildman–Crippen MR) is 86.0 cm³/mol. The van der Waals surface area contributed by atoms with Gasteiger partial charge in [0.25, 0.3) is 0 Å². The Balaban J connectivity index is 2.10. The standard InChI is InChI=1S/C15H23N3O3S/c1-11-9-12(2)18-15(17-11)22-10-13(19)16-8-6-4-3-5-7-14(20)21/h9H,3-8,10H2,1-2H3,(H,16,19)(H,20,21). The number of aryl methyl sites for hydroxylation is 2. The van der Waals surface area contributed by atoms with E-state index in [0.29, 0.717) is 23.9 Å². The van der Waals surface area contributed by atoms with E-state index in [4.69, 9.17) is 5.11 Å². The number of carboxylic acids is 1. The van der Waals surface area contributed by atoms with Gasteiger partial charge >= 0.3 is 5.97 Å². The molecule has 0 atom stereocenters. The number of thioether (sulfide) groups is 1. The molecule has 1 heterocycles. The highest BCUT2D eigenvalue weighted by Crippen LogP contribution is 2.13. The fourth-order valence-electron chi connectivity index (χ4n) is 1.92. The van der Waals surface area contributed by atoms with Crippen molar-refractivity contribution < 1.29 is 14.7 Å². The summed E-state index contributed by atoms with van der Waals surface area (Å²) in [4.78, 5) is 30.6. The SMILES string of the molecule is Cc1cc(C)nc(SCC(=O)NCCCCCCC(=O)O)n1. The van der Waals surface area contributed by atoms with Crippen molar-refractivity contribution in [3.05, 3.63) is 17.5 Å². The molecule has 7 heteroatoms. The summed E-state index contributed by atoms with van der Waals surface area (Å²) in [7, 11) is 0. The van der Waals surface area contributed by atoms with Crippen LogP contribution in [0.4, 0.5) is 0 Å². The smallest absolute Gasteiger partial charge is 0.303 e. The van der Waals surface area contributed by atoms with Crippen molar-refractivity contribution in [3.63, 3.8) is 0 Å². The lowest BCUT2D eigenvalue weighted by Crippen LogP contribution is -2.26. The zero-order valence-electron chi connectivity index (χ0n) is 13.1. The van der Waals surface area contributed by atoms with Crippen molar-refractivity contribution in [3.8, 4) is 0 Å². The maximum absolute atomic E-state index is 11.7. The van der Waals surface area contributed by atoms with Crippen LogP contribution >= 0.6 is 11.8 Å². The van der Waals surface area contributed by atoms with E-state index in [1.54, 1.807) is 0 Å². The van der Waals surface area contributed by atoms with Gasteiger partial charge in [0, 0.05) is 24.4 Å². The summed E-state index contributed by atoms with van der Waals surface area (Å²) in [5.74, 6) is -0.473. The molecule has 6 nitrogen and oxygen atoms in total. The van der Waals surface area contributed by atoms with E-state index >= 15 is 0 Å². The van der Waals surface area contributed by atoms with E-state index in [2.05, 4.69) is 15.3 Å². The second-order valence-corrected chi connectivity index (χ2v) is 6.07. The normalized spacial score (nSPS) is 10.5. The van der Waals surface area contributed by atoms with Gasteiger partial charge in [-0.25, -0.2) is 9.97 Å². The predicted octanol–water partition coefficient (Wildman–Crippen LogP) is 2.34. The first-order chi connectivity index (χ1) is 10.5. The third-order valence-electron chi connectivity index (χ3n) is 2.93. The highest BCUT2D eigenvalue weighted by Gasteiger charge is 2.05. The van der Waals surface area contributed by atoms with Gasteiger partial charge in [-0.05, 0) is 32.8 Å². The van der Waals surface area contributed by atoms with Crippen molar-refractivity contribution >= 4 is 23.6 Å². The van der Waals surface area contributed by atoms with E-state index < -0.39 is 5.97 Å². The van der Waals surface area contributed by atoms with Crippen LogP contribution in [0, 0.1) is 13.8 Å². The molecular formula is C15H23N3O3S. The molecule has 22 heavy (non-hydrogen) atoms. The van der Waals surface area contributed by atoms with Gasteiger partial charge in [0.2, 0.25) is 5.91 Å². The van der Waals surface area contributed by atoms with Crippen LogP contribution in [0.15, 0.2) is 11.2 Å². The van der Waals surface area contributed by atoms with Crippen LogP contribution in [0.25, 0.3) is 0 Å². The maximum atomic E-state index is 11.7. The van der Waals surface area contributed by atoms with E-state index in [-0.39, 0.29) is 12.3 Å². The minimum absolute atomic E-state index is 0.0294. The maximum Gasteiger partial charge on any atom is 0.303 e. The lowest BCUT2D eigenvalue weighted by atomic mass is 10.1. The molecule has 0 aliphatic carbocycles. The fourth-order valence-corrected chi connectivity index (χ4v) is 2.70. The number of aliphatic carboxylic acids is 1. The molecule has 0 saturated carbocycles. The molecule has 0 radical (unpaired) electrons. The first-order valence-corrected chi connectivity index (χ1v) is 8.39. The van der Waals surface area contributed by atoms with Gasteiger partial charge in [-0.2, -0.15) is 0 Å². The van der Waals surface area contributed by atoms with Crippen molar-refractivity contribution in [2.24, 2.45) is 0 Å². The number of hydrogen-bond donors (Lipinski definition) is 2. The third-order valence-corrected chi connectivity index (χ3v) is 3.78. The Hall–Kier alpha value is -1.63. The molecule has 0 spiro atoms. The van der Waals surface area contributed by atoms with Crippen molar-refractivity contribution in [2.45, 2.75) is 51.1 Å². The topological polar surface area (TPSA) is 92.2 Å². The molecule has 1 amide bonds. The summed E-state index contributed by atoms with van der Waals surface area (Å²) in [6.45, 7) is 4.44. The lowest BCUT2D eigenvalue weighted by Gasteiger charge is -2.05. The van der Waals surface area contributed by atoms with Crippen LogP contribution in [-0.2, 0) is 9.59 Å². The van der Waals surface area contributed by atoms with Crippen LogP contribution in [-0.4, -0.2) is 39.2 Å². The fraction of sp³-hybridized carbons (Fsp3) is 0.600. The molecule has 1 aromatic heterocycles. The molecule has 0 bridgehead atoms. The largest absolute Gasteiger partial charge is 0.481 e. The molecule has 0 aromatic carbocycles. The van der Waals surface area contributed by atoms with Gasteiger partial charge in [0.1, 0.15) is 0 Å². The van der Waals surface area contributed by atoms with Crippen molar-refractivity contribution in [1.29, 1.82) is 0 Å². The van der Waals surface area contributed by atoms with Crippen LogP contribution in [0.3, 0.4) is 0 Å². The summed E-state index contributed by atoms with van der Waals surface area (Å²) in [5, 5.41) is 12.0. The number of unbranched alkanes of at least 4 members (excludes halogenated alkanes) is 3. The monoisotopic (exact) mass is 325 g/mol. The molecule has 0 fully saturated rings. The number of nitrogens with zero attached hydrogens (tertiary/aromatic N) is 2. The Bertz CT molecular complexity index is 489. The first-order valence-electron chi connectivity index (χ1n) is 7.41. The van der Waals surface area contributed by atoms with Crippen LogP contribution in [0.2, 0.25) is 0 Å². The van der Waals surface area contributed by atoms with E-state index in [1.165, 1.54) is 11.8 Å². The highest BCUT2D eigenvalue weighted by atomic mass is 32.2. The quantitative estimate of drug-likeness (QED) is 0.390. The third kappa shape index (κ3) is 8.61. The van der Waals surface area contributed by atoms with Crippen LogP contribution in [0.1, 0.15) is 43.5 Å². The van der Waals surface area contributed by atoms with Gasteiger partial charge in [0.15, 0.2) is 5.16 Å². The van der Waals surface area contributed by atoms with Gasteiger partial charge in [-0.3, -0.25) is 9.59 Å². The van der Waals surface area contributed by atoms with Gasteiger partial charge in [-0.15, -0.1) is 0 Å². The molecule has 0 aliphatic heterocycles.